The van der Waals surface area contributed by atoms with Crippen LogP contribution < -0.4 is 0 Å². The first-order valence-electron chi connectivity index (χ1n) is 11.2. The summed E-state index contributed by atoms with van der Waals surface area (Å²) in [7, 11) is 0. The highest BCUT2D eigenvalue weighted by Gasteiger charge is 2.48. The van der Waals surface area contributed by atoms with Crippen molar-refractivity contribution in [2.24, 2.45) is 17.3 Å². The van der Waals surface area contributed by atoms with E-state index >= 15 is 0 Å². The van der Waals surface area contributed by atoms with Crippen LogP contribution in [0.5, 0.6) is 0 Å². The van der Waals surface area contributed by atoms with Gasteiger partial charge in [0, 0.05) is 0 Å². The summed E-state index contributed by atoms with van der Waals surface area (Å²) in [5, 5.41) is 19.8. The number of hydrogen-bond acceptors (Lipinski definition) is 2. The first-order chi connectivity index (χ1) is 12.8. The summed E-state index contributed by atoms with van der Waals surface area (Å²) >= 11 is 0. The molecule has 0 aromatic heterocycles. The molecule has 152 valence electrons. The number of aliphatic hydroxyl groups is 2. The van der Waals surface area contributed by atoms with E-state index in [1.54, 1.807) is 5.57 Å². The molecular weight excluding hydrogens is 332 g/mol. The SMILES string of the molecule is CC(C)(O)C/C=C/CC1CCC2/C(=C/C=C3/CCCC(O)C3)CCCC12C. The van der Waals surface area contributed by atoms with E-state index in [4.69, 9.17) is 0 Å². The molecule has 2 nitrogen and oxygen atoms in total. The molecule has 3 aliphatic carbocycles. The number of rotatable bonds is 5. The topological polar surface area (TPSA) is 40.5 Å². The smallest absolute Gasteiger partial charge is 0.0626 e. The van der Waals surface area contributed by atoms with Crippen LogP contribution in [0.2, 0.25) is 0 Å². The molecule has 0 saturated heterocycles. The fraction of sp³-hybridized carbons (Fsp3) is 0.760. The first kappa shape index (κ1) is 20.9. The second-order valence-corrected chi connectivity index (χ2v) is 10.2. The average molecular weight is 373 g/mol. The van der Waals surface area contributed by atoms with Gasteiger partial charge in [0.25, 0.3) is 0 Å². The van der Waals surface area contributed by atoms with Gasteiger partial charge in [-0.2, -0.15) is 0 Å². The van der Waals surface area contributed by atoms with Crippen molar-refractivity contribution in [3.05, 3.63) is 35.5 Å². The van der Waals surface area contributed by atoms with E-state index < -0.39 is 5.60 Å². The van der Waals surface area contributed by atoms with E-state index in [9.17, 15) is 10.2 Å². The lowest BCUT2D eigenvalue weighted by Crippen LogP contribution is -2.33. The van der Waals surface area contributed by atoms with E-state index in [1.165, 1.54) is 37.7 Å². The van der Waals surface area contributed by atoms with Gasteiger partial charge in [0.05, 0.1) is 11.7 Å². The van der Waals surface area contributed by atoms with Crippen molar-refractivity contribution in [3.8, 4) is 0 Å². The lowest BCUT2D eigenvalue weighted by Gasteiger charge is -2.42. The molecule has 4 atom stereocenters. The largest absolute Gasteiger partial charge is 0.393 e. The molecule has 0 aliphatic heterocycles. The minimum Gasteiger partial charge on any atom is -0.393 e. The van der Waals surface area contributed by atoms with Crippen LogP contribution in [0.25, 0.3) is 0 Å². The molecule has 0 spiro atoms. The number of hydrogen-bond donors (Lipinski definition) is 2. The van der Waals surface area contributed by atoms with Crippen molar-refractivity contribution in [2.45, 2.75) is 103 Å². The maximum atomic E-state index is 9.91. The summed E-state index contributed by atoms with van der Waals surface area (Å²) in [5.41, 5.74) is 2.95. The highest BCUT2D eigenvalue weighted by Crippen LogP contribution is 2.58. The number of allylic oxidation sites excluding steroid dienone is 4. The van der Waals surface area contributed by atoms with Crippen LogP contribution in [0.15, 0.2) is 35.5 Å². The van der Waals surface area contributed by atoms with Gasteiger partial charge in [0.15, 0.2) is 0 Å². The Balaban J connectivity index is 1.64. The lowest BCUT2D eigenvalue weighted by atomic mass is 9.63. The summed E-state index contributed by atoms with van der Waals surface area (Å²) in [6.07, 6.45) is 21.8. The van der Waals surface area contributed by atoms with Gasteiger partial charge in [0.1, 0.15) is 0 Å². The molecule has 0 aromatic rings. The molecule has 0 heterocycles. The Bertz CT molecular complexity index is 592. The fourth-order valence-corrected chi connectivity index (χ4v) is 5.81. The van der Waals surface area contributed by atoms with Crippen molar-refractivity contribution in [1.29, 1.82) is 0 Å². The van der Waals surface area contributed by atoms with Crippen molar-refractivity contribution in [3.63, 3.8) is 0 Å². The van der Waals surface area contributed by atoms with Gasteiger partial charge in [-0.15, -0.1) is 0 Å². The maximum absolute atomic E-state index is 9.91. The third kappa shape index (κ3) is 5.35. The van der Waals surface area contributed by atoms with Gasteiger partial charge in [-0.25, -0.2) is 0 Å². The Labute approximate surface area is 166 Å². The van der Waals surface area contributed by atoms with E-state index in [1.807, 2.05) is 13.8 Å². The molecule has 0 amide bonds. The van der Waals surface area contributed by atoms with Crippen molar-refractivity contribution >= 4 is 0 Å². The van der Waals surface area contributed by atoms with Crippen LogP contribution in [0.4, 0.5) is 0 Å². The molecule has 0 aromatic carbocycles. The van der Waals surface area contributed by atoms with E-state index in [2.05, 4.69) is 31.2 Å². The van der Waals surface area contributed by atoms with Gasteiger partial charge in [0.2, 0.25) is 0 Å². The van der Waals surface area contributed by atoms with Crippen LogP contribution in [0.3, 0.4) is 0 Å². The molecule has 0 radical (unpaired) electrons. The third-order valence-electron chi connectivity index (χ3n) is 7.43. The lowest BCUT2D eigenvalue weighted by molar-refractivity contribution is 0.0837. The van der Waals surface area contributed by atoms with Crippen molar-refractivity contribution in [1.82, 2.24) is 0 Å². The predicted molar refractivity (Wildman–Crippen MR) is 113 cm³/mol. The fourth-order valence-electron chi connectivity index (χ4n) is 5.81. The zero-order chi connectivity index (χ0) is 19.5. The molecule has 3 aliphatic rings. The molecule has 27 heavy (non-hydrogen) atoms. The van der Waals surface area contributed by atoms with Gasteiger partial charge < -0.3 is 10.2 Å². The van der Waals surface area contributed by atoms with Crippen LogP contribution in [-0.4, -0.2) is 21.9 Å². The maximum Gasteiger partial charge on any atom is 0.0626 e. The summed E-state index contributed by atoms with van der Waals surface area (Å²) < 4.78 is 0. The minimum absolute atomic E-state index is 0.119. The Morgan fingerprint density at radius 3 is 2.63 bits per heavy atom. The quantitative estimate of drug-likeness (QED) is 0.573. The van der Waals surface area contributed by atoms with Crippen LogP contribution in [0.1, 0.15) is 91.4 Å². The Kier molecular flexibility index (Phi) is 6.69. The second kappa shape index (κ2) is 8.66. The molecule has 2 heteroatoms. The minimum atomic E-state index is -0.598. The van der Waals surface area contributed by atoms with Crippen molar-refractivity contribution in [2.75, 3.05) is 0 Å². The van der Waals surface area contributed by atoms with E-state index in [0.717, 1.165) is 50.4 Å². The van der Waals surface area contributed by atoms with E-state index in [-0.39, 0.29) is 6.10 Å². The average Bonchev–Trinajstić information content (AvgIpc) is 2.93. The summed E-state index contributed by atoms with van der Waals surface area (Å²) in [6, 6.07) is 0. The molecular formula is C25H40O2. The van der Waals surface area contributed by atoms with Gasteiger partial charge in [-0.1, -0.05) is 42.4 Å². The normalized spacial score (nSPS) is 38.0. The highest BCUT2D eigenvalue weighted by molar-refractivity contribution is 5.25. The monoisotopic (exact) mass is 372 g/mol. The summed E-state index contributed by atoms with van der Waals surface area (Å²) in [4.78, 5) is 0. The van der Waals surface area contributed by atoms with Crippen LogP contribution >= 0.6 is 0 Å². The highest BCUT2D eigenvalue weighted by atomic mass is 16.3. The zero-order valence-corrected chi connectivity index (χ0v) is 17.7. The zero-order valence-electron chi connectivity index (χ0n) is 17.7. The van der Waals surface area contributed by atoms with Gasteiger partial charge in [-0.3, -0.25) is 0 Å². The third-order valence-corrected chi connectivity index (χ3v) is 7.43. The van der Waals surface area contributed by atoms with E-state index in [0.29, 0.717) is 5.41 Å². The Morgan fingerprint density at radius 2 is 1.89 bits per heavy atom. The Morgan fingerprint density at radius 1 is 1.07 bits per heavy atom. The summed E-state index contributed by atoms with van der Waals surface area (Å²) in [5.74, 6) is 1.51. The van der Waals surface area contributed by atoms with Gasteiger partial charge in [-0.05, 0) is 102 Å². The van der Waals surface area contributed by atoms with Crippen molar-refractivity contribution < 1.29 is 10.2 Å². The molecule has 2 N–H and O–H groups in total. The number of aliphatic hydroxyl groups excluding tert-OH is 1. The number of fused-ring (bicyclic) bond motifs is 1. The summed E-state index contributed by atoms with van der Waals surface area (Å²) in [6.45, 7) is 6.29. The molecule has 3 fully saturated rings. The molecule has 4 unspecified atom stereocenters. The molecule has 3 saturated carbocycles. The van der Waals surface area contributed by atoms with Gasteiger partial charge >= 0.3 is 0 Å². The standard InChI is InChI=1S/C25H40O2/c1-24(2,27)16-5-4-10-21-14-15-23-20(9-7-17-25(21,23)3)13-12-19-8-6-11-22(26)18-19/h4-5,12-13,21-23,26-27H,6-11,14-18H2,1-3H3/b5-4+,19-12-,20-13+. The second-order valence-electron chi connectivity index (χ2n) is 10.2. The van der Waals surface area contributed by atoms with Crippen LogP contribution in [0, 0.1) is 17.3 Å². The molecule has 3 rings (SSSR count). The molecule has 0 bridgehead atoms. The first-order valence-corrected chi connectivity index (χ1v) is 11.2. The Hall–Kier alpha value is -0.860. The van der Waals surface area contributed by atoms with Crippen LogP contribution in [-0.2, 0) is 0 Å². The predicted octanol–water partition coefficient (Wildman–Crippen LogP) is 6.10.